The summed E-state index contributed by atoms with van der Waals surface area (Å²) >= 11 is 0. The number of rotatable bonds is 10. The van der Waals surface area contributed by atoms with Gasteiger partial charge in [-0.05, 0) is 32.6 Å². The molecule has 0 rings (SSSR count). The van der Waals surface area contributed by atoms with Crippen LogP contribution >= 0.6 is 0 Å². The van der Waals surface area contributed by atoms with E-state index >= 15 is 0 Å². The highest BCUT2D eigenvalue weighted by atomic mass is 16.5. The summed E-state index contributed by atoms with van der Waals surface area (Å²) in [6.07, 6.45) is 1.96. The normalized spacial score (nSPS) is 12.5. The Morgan fingerprint density at radius 2 is 1.75 bits per heavy atom. The van der Waals surface area contributed by atoms with Crippen molar-refractivity contribution in [2.45, 2.75) is 46.6 Å². The summed E-state index contributed by atoms with van der Waals surface area (Å²) in [5.74, 6) is -1.45. The maximum absolute atomic E-state index is 11.5. The Kier molecular flexibility index (Phi) is 9.80. The van der Waals surface area contributed by atoms with E-state index < -0.39 is 11.9 Å². The number of nitrogens with one attached hydrogen (secondary N) is 2. The van der Waals surface area contributed by atoms with E-state index in [0.717, 1.165) is 12.8 Å². The number of hydrogen-bond acceptors (Lipinski definition) is 3. The second-order valence-electron chi connectivity index (χ2n) is 5.45. The van der Waals surface area contributed by atoms with Crippen LogP contribution in [0.3, 0.4) is 0 Å². The number of urea groups is 1. The van der Waals surface area contributed by atoms with E-state index in [2.05, 4.69) is 10.6 Å². The van der Waals surface area contributed by atoms with Crippen LogP contribution < -0.4 is 10.6 Å². The lowest BCUT2D eigenvalue weighted by atomic mass is 9.96. The third-order valence-electron chi connectivity index (χ3n) is 2.91. The zero-order valence-corrected chi connectivity index (χ0v) is 12.9. The molecule has 0 fully saturated rings. The minimum atomic E-state index is -0.883. The number of amides is 2. The predicted octanol–water partition coefficient (Wildman–Crippen LogP) is 1.85. The van der Waals surface area contributed by atoms with E-state index in [4.69, 9.17) is 9.84 Å². The van der Waals surface area contributed by atoms with Gasteiger partial charge >= 0.3 is 12.0 Å². The number of carbonyl (C=O) groups is 2. The number of carbonyl (C=O) groups excluding carboxylic acids is 1. The van der Waals surface area contributed by atoms with Gasteiger partial charge in [0, 0.05) is 19.7 Å². The van der Waals surface area contributed by atoms with Gasteiger partial charge in [0.25, 0.3) is 0 Å². The van der Waals surface area contributed by atoms with Crippen molar-refractivity contribution < 1.29 is 19.4 Å². The molecule has 0 aliphatic carbocycles. The highest BCUT2D eigenvalue weighted by Gasteiger charge is 2.21. The lowest BCUT2D eigenvalue weighted by Crippen LogP contribution is -2.41. The van der Waals surface area contributed by atoms with Gasteiger partial charge in [0.15, 0.2) is 0 Å². The molecule has 0 aliphatic rings. The molecule has 0 aromatic rings. The first-order valence-corrected chi connectivity index (χ1v) is 7.20. The molecule has 0 aromatic carbocycles. The van der Waals surface area contributed by atoms with Gasteiger partial charge in [-0.2, -0.15) is 0 Å². The van der Waals surface area contributed by atoms with E-state index in [9.17, 15) is 9.59 Å². The minimum Gasteiger partial charge on any atom is -0.481 e. The van der Waals surface area contributed by atoms with E-state index in [-0.39, 0.29) is 24.6 Å². The van der Waals surface area contributed by atoms with Crippen molar-refractivity contribution in [1.29, 1.82) is 0 Å². The molecule has 0 radical (unpaired) electrons. The van der Waals surface area contributed by atoms with Crippen LogP contribution in [0.4, 0.5) is 4.79 Å². The smallest absolute Gasteiger partial charge is 0.314 e. The Morgan fingerprint density at radius 1 is 1.10 bits per heavy atom. The summed E-state index contributed by atoms with van der Waals surface area (Å²) < 4.78 is 5.39. The van der Waals surface area contributed by atoms with E-state index in [0.29, 0.717) is 13.2 Å². The molecular formula is C14H28N2O4. The fraction of sp³-hybridized carbons (Fsp3) is 0.857. The van der Waals surface area contributed by atoms with Crippen LogP contribution in [-0.2, 0) is 9.53 Å². The molecule has 0 bridgehead atoms. The van der Waals surface area contributed by atoms with Gasteiger partial charge in [-0.15, -0.1) is 0 Å². The van der Waals surface area contributed by atoms with Crippen molar-refractivity contribution >= 4 is 12.0 Å². The molecule has 1 atom stereocenters. The third kappa shape index (κ3) is 9.61. The van der Waals surface area contributed by atoms with Crippen molar-refractivity contribution in [3.63, 3.8) is 0 Å². The molecule has 3 N–H and O–H groups in total. The number of hydrogen-bond donors (Lipinski definition) is 3. The highest BCUT2D eigenvalue weighted by Crippen LogP contribution is 2.09. The average Bonchev–Trinajstić information content (AvgIpc) is 2.32. The van der Waals surface area contributed by atoms with Crippen LogP contribution in [0, 0.1) is 11.8 Å². The fourth-order valence-corrected chi connectivity index (χ4v) is 1.62. The molecule has 0 spiro atoms. The summed E-state index contributed by atoms with van der Waals surface area (Å²) in [5.41, 5.74) is 0. The fourth-order valence-electron chi connectivity index (χ4n) is 1.62. The maximum atomic E-state index is 11.5. The Balaban J connectivity index is 3.66. The number of carboxylic acids is 1. The first-order valence-electron chi connectivity index (χ1n) is 7.20. The van der Waals surface area contributed by atoms with Crippen molar-refractivity contribution in [2.75, 3.05) is 19.7 Å². The van der Waals surface area contributed by atoms with Crippen molar-refractivity contribution in [3.8, 4) is 0 Å². The van der Waals surface area contributed by atoms with E-state index in [1.165, 1.54) is 0 Å². The van der Waals surface area contributed by atoms with Gasteiger partial charge in [0.05, 0.1) is 12.0 Å². The van der Waals surface area contributed by atoms with Crippen LogP contribution in [0.25, 0.3) is 0 Å². The second-order valence-corrected chi connectivity index (χ2v) is 5.45. The average molecular weight is 288 g/mol. The van der Waals surface area contributed by atoms with Crippen LogP contribution in [0.1, 0.15) is 40.5 Å². The first-order chi connectivity index (χ1) is 9.34. The Bertz CT molecular complexity index is 293. The third-order valence-corrected chi connectivity index (χ3v) is 2.91. The van der Waals surface area contributed by atoms with Gasteiger partial charge in [-0.3, -0.25) is 4.79 Å². The topological polar surface area (TPSA) is 87.7 Å². The standard InChI is InChI=1S/C14H28N2O4/c1-10(2)12(13(17)18)9-16-14(19)15-7-5-6-8-20-11(3)4/h10-12H,5-9H2,1-4H3,(H,17,18)(H2,15,16,19). The van der Waals surface area contributed by atoms with Crippen LogP contribution in [0.2, 0.25) is 0 Å². The highest BCUT2D eigenvalue weighted by molar-refractivity contribution is 5.75. The number of ether oxygens (including phenoxy) is 1. The Hall–Kier alpha value is -1.30. The van der Waals surface area contributed by atoms with Crippen LogP contribution in [0.5, 0.6) is 0 Å². The molecule has 6 nitrogen and oxygen atoms in total. The van der Waals surface area contributed by atoms with Crippen molar-refractivity contribution in [2.24, 2.45) is 11.8 Å². The summed E-state index contributed by atoms with van der Waals surface area (Å²) in [5, 5.41) is 14.3. The second kappa shape index (κ2) is 10.5. The molecular weight excluding hydrogens is 260 g/mol. The number of carboxylic acid groups (broad SMARTS) is 1. The summed E-state index contributed by atoms with van der Waals surface area (Å²) in [6, 6.07) is -0.318. The molecule has 6 heteroatoms. The summed E-state index contributed by atoms with van der Waals surface area (Å²) in [7, 11) is 0. The van der Waals surface area contributed by atoms with Gasteiger partial charge in [-0.25, -0.2) is 4.79 Å². The molecule has 118 valence electrons. The lowest BCUT2D eigenvalue weighted by molar-refractivity contribution is -0.142. The Labute approximate surface area is 121 Å². The van der Waals surface area contributed by atoms with Gasteiger partial charge in [-0.1, -0.05) is 13.8 Å². The SMILES string of the molecule is CC(C)OCCCCNC(=O)NCC(C(=O)O)C(C)C. The Morgan fingerprint density at radius 3 is 2.25 bits per heavy atom. The number of unbranched alkanes of at least 4 members (excludes halogenated alkanes) is 1. The molecule has 20 heavy (non-hydrogen) atoms. The number of aliphatic carboxylic acids is 1. The zero-order valence-electron chi connectivity index (χ0n) is 12.9. The van der Waals surface area contributed by atoms with E-state index in [1.807, 2.05) is 27.7 Å². The molecule has 1 unspecified atom stereocenters. The van der Waals surface area contributed by atoms with Crippen LogP contribution in [-0.4, -0.2) is 42.9 Å². The first kappa shape index (κ1) is 18.7. The maximum Gasteiger partial charge on any atom is 0.314 e. The lowest BCUT2D eigenvalue weighted by Gasteiger charge is -2.17. The van der Waals surface area contributed by atoms with Gasteiger partial charge in [0.1, 0.15) is 0 Å². The van der Waals surface area contributed by atoms with E-state index in [1.54, 1.807) is 0 Å². The van der Waals surface area contributed by atoms with Crippen molar-refractivity contribution in [1.82, 2.24) is 10.6 Å². The minimum absolute atomic E-state index is 0.0130. The molecule has 0 saturated carbocycles. The molecule has 0 aliphatic heterocycles. The van der Waals surface area contributed by atoms with Crippen molar-refractivity contribution in [3.05, 3.63) is 0 Å². The van der Waals surface area contributed by atoms with Gasteiger partial charge < -0.3 is 20.5 Å². The predicted molar refractivity (Wildman–Crippen MR) is 77.7 cm³/mol. The summed E-state index contributed by atoms with van der Waals surface area (Å²) in [4.78, 5) is 22.4. The quantitative estimate of drug-likeness (QED) is 0.535. The molecule has 2 amide bonds. The largest absolute Gasteiger partial charge is 0.481 e. The molecule has 0 heterocycles. The van der Waals surface area contributed by atoms with Crippen LogP contribution in [0.15, 0.2) is 0 Å². The zero-order chi connectivity index (χ0) is 15.5. The molecule has 0 aromatic heterocycles. The monoisotopic (exact) mass is 288 g/mol. The summed E-state index contributed by atoms with van der Waals surface area (Å²) in [6.45, 7) is 9.02. The molecule has 0 saturated heterocycles. The van der Waals surface area contributed by atoms with Gasteiger partial charge in [0.2, 0.25) is 0 Å².